The van der Waals surface area contributed by atoms with Crippen LogP contribution >= 0.6 is 11.6 Å². The Morgan fingerprint density at radius 3 is 2.75 bits per heavy atom. The van der Waals surface area contributed by atoms with E-state index in [0.29, 0.717) is 29.0 Å². The molecule has 1 N–H and O–H groups in total. The molecule has 1 aliphatic heterocycles. The van der Waals surface area contributed by atoms with Crippen LogP contribution in [0, 0.1) is 5.92 Å². The molecular formula is C18H23ClN2O3. The Hall–Kier alpha value is -1.75. The van der Waals surface area contributed by atoms with Gasteiger partial charge >= 0.3 is 0 Å². The van der Waals surface area contributed by atoms with Crippen molar-refractivity contribution in [1.82, 2.24) is 4.90 Å². The van der Waals surface area contributed by atoms with Crippen molar-refractivity contribution in [3.8, 4) is 5.75 Å². The molecule has 3 rings (SSSR count). The van der Waals surface area contributed by atoms with Gasteiger partial charge in [0.1, 0.15) is 5.75 Å². The van der Waals surface area contributed by atoms with E-state index >= 15 is 0 Å². The normalized spacial score (nSPS) is 21.8. The molecule has 0 spiro atoms. The van der Waals surface area contributed by atoms with Crippen molar-refractivity contribution in [3.05, 3.63) is 23.2 Å². The highest BCUT2D eigenvalue weighted by Crippen LogP contribution is 2.31. The van der Waals surface area contributed by atoms with Crippen LogP contribution in [0.4, 0.5) is 5.69 Å². The lowest BCUT2D eigenvalue weighted by atomic mass is 9.94. The molecule has 1 aromatic rings. The van der Waals surface area contributed by atoms with Crippen LogP contribution in [0.3, 0.4) is 0 Å². The number of nitrogens with zero attached hydrogens (tertiary/aromatic N) is 1. The molecule has 6 heteroatoms. The Morgan fingerprint density at radius 2 is 2.04 bits per heavy atom. The minimum atomic E-state index is -0.317. The second-order valence-electron chi connectivity index (χ2n) is 6.57. The summed E-state index contributed by atoms with van der Waals surface area (Å²) in [7, 11) is 1.54. The van der Waals surface area contributed by atoms with E-state index in [1.54, 1.807) is 25.3 Å². The third kappa shape index (κ3) is 3.66. The Balaban J connectivity index is 1.66. The molecule has 1 atom stereocenters. The number of nitrogens with one attached hydrogen (secondary N) is 1. The minimum absolute atomic E-state index is 0.0973. The molecule has 0 bridgehead atoms. The second kappa shape index (κ2) is 7.43. The third-order valence-corrected chi connectivity index (χ3v) is 5.20. The van der Waals surface area contributed by atoms with Gasteiger partial charge in [-0.25, -0.2) is 0 Å². The van der Waals surface area contributed by atoms with Crippen LogP contribution in [0.2, 0.25) is 5.02 Å². The number of anilines is 1. The molecule has 1 saturated carbocycles. The monoisotopic (exact) mass is 350 g/mol. The molecule has 1 aliphatic carbocycles. The van der Waals surface area contributed by atoms with Crippen molar-refractivity contribution >= 4 is 29.1 Å². The number of rotatable bonds is 4. The molecule has 1 aromatic carbocycles. The van der Waals surface area contributed by atoms with Gasteiger partial charge in [-0.05, 0) is 31.0 Å². The lowest BCUT2D eigenvalue weighted by Gasteiger charge is -2.31. The van der Waals surface area contributed by atoms with Gasteiger partial charge in [0.05, 0.1) is 18.7 Å². The highest BCUT2D eigenvalue weighted by Gasteiger charge is 2.38. The van der Waals surface area contributed by atoms with Crippen LogP contribution in [-0.2, 0) is 9.59 Å². The zero-order chi connectivity index (χ0) is 17.1. The average Bonchev–Trinajstić information content (AvgIpc) is 2.98. The van der Waals surface area contributed by atoms with Crippen molar-refractivity contribution in [2.24, 2.45) is 5.92 Å². The second-order valence-corrected chi connectivity index (χ2v) is 7.01. The van der Waals surface area contributed by atoms with Crippen molar-refractivity contribution in [3.63, 3.8) is 0 Å². The minimum Gasteiger partial charge on any atom is -0.495 e. The zero-order valence-electron chi connectivity index (χ0n) is 13.9. The quantitative estimate of drug-likeness (QED) is 0.904. The summed E-state index contributed by atoms with van der Waals surface area (Å²) in [5, 5.41) is 3.39. The molecule has 5 nitrogen and oxygen atoms in total. The van der Waals surface area contributed by atoms with Crippen molar-refractivity contribution < 1.29 is 14.3 Å². The molecule has 0 unspecified atom stereocenters. The summed E-state index contributed by atoms with van der Waals surface area (Å²) in [6, 6.07) is 5.39. The predicted octanol–water partition coefficient (Wildman–Crippen LogP) is 3.47. The fourth-order valence-corrected chi connectivity index (χ4v) is 3.84. The molecule has 0 aromatic heterocycles. The number of amides is 2. The summed E-state index contributed by atoms with van der Waals surface area (Å²) in [4.78, 5) is 26.8. The average molecular weight is 351 g/mol. The number of likely N-dealkylation sites (tertiary alicyclic amines) is 1. The van der Waals surface area contributed by atoms with Gasteiger partial charge in [0.15, 0.2) is 0 Å². The largest absolute Gasteiger partial charge is 0.495 e. The molecule has 1 saturated heterocycles. The molecule has 24 heavy (non-hydrogen) atoms. The van der Waals surface area contributed by atoms with Crippen molar-refractivity contribution in [1.29, 1.82) is 0 Å². The topological polar surface area (TPSA) is 58.6 Å². The summed E-state index contributed by atoms with van der Waals surface area (Å²) < 4.78 is 5.25. The smallest absolute Gasteiger partial charge is 0.229 e. The summed E-state index contributed by atoms with van der Waals surface area (Å²) in [6.45, 7) is 0.512. The number of halogens is 1. The van der Waals surface area contributed by atoms with Gasteiger partial charge in [-0.2, -0.15) is 0 Å². The van der Waals surface area contributed by atoms with Gasteiger partial charge in [0.2, 0.25) is 11.8 Å². The molecule has 2 amide bonds. The SMILES string of the molecule is COc1ccc(Cl)cc1NC(=O)[C@@H]1CC(=O)N(C2CCCCC2)C1. The Labute approximate surface area is 147 Å². The number of hydrogen-bond acceptors (Lipinski definition) is 3. The third-order valence-electron chi connectivity index (χ3n) is 4.96. The van der Waals surface area contributed by atoms with E-state index in [0.717, 1.165) is 12.8 Å². The summed E-state index contributed by atoms with van der Waals surface area (Å²) >= 11 is 6.00. The summed E-state index contributed by atoms with van der Waals surface area (Å²) in [5.41, 5.74) is 0.540. The number of carbonyl (C=O) groups excluding carboxylic acids is 2. The number of carbonyl (C=O) groups is 2. The molecule has 0 radical (unpaired) electrons. The first-order valence-corrected chi connectivity index (χ1v) is 8.90. The lowest BCUT2D eigenvalue weighted by molar-refractivity contribution is -0.130. The first-order chi connectivity index (χ1) is 11.6. The van der Waals surface area contributed by atoms with Crippen LogP contribution in [0.1, 0.15) is 38.5 Å². The van der Waals surface area contributed by atoms with E-state index in [2.05, 4.69) is 5.32 Å². The first kappa shape index (κ1) is 17.1. The van der Waals surface area contributed by atoms with Crippen LogP contribution in [0.5, 0.6) is 5.75 Å². The summed E-state index contributed by atoms with van der Waals surface area (Å²) in [6.07, 6.45) is 5.99. The van der Waals surface area contributed by atoms with Gasteiger partial charge in [0, 0.05) is 24.0 Å². The van der Waals surface area contributed by atoms with Gasteiger partial charge in [-0.1, -0.05) is 30.9 Å². The van der Waals surface area contributed by atoms with E-state index in [1.807, 2.05) is 4.90 Å². The number of methoxy groups -OCH3 is 1. The fourth-order valence-electron chi connectivity index (χ4n) is 3.67. The lowest BCUT2D eigenvalue weighted by Crippen LogP contribution is -2.38. The van der Waals surface area contributed by atoms with Crippen LogP contribution in [0.15, 0.2) is 18.2 Å². The number of benzene rings is 1. The van der Waals surface area contributed by atoms with Gasteiger partial charge in [-0.15, -0.1) is 0 Å². The zero-order valence-corrected chi connectivity index (χ0v) is 14.6. The molecule has 2 aliphatic rings. The van der Waals surface area contributed by atoms with E-state index in [1.165, 1.54) is 19.3 Å². The molecular weight excluding hydrogens is 328 g/mol. The van der Waals surface area contributed by atoms with E-state index < -0.39 is 0 Å². The molecule has 1 heterocycles. The fraction of sp³-hybridized carbons (Fsp3) is 0.556. The van der Waals surface area contributed by atoms with Crippen LogP contribution in [0.25, 0.3) is 0 Å². The van der Waals surface area contributed by atoms with Crippen molar-refractivity contribution in [2.45, 2.75) is 44.6 Å². The van der Waals surface area contributed by atoms with E-state index in [-0.39, 0.29) is 24.2 Å². The highest BCUT2D eigenvalue weighted by molar-refractivity contribution is 6.31. The summed E-state index contributed by atoms with van der Waals surface area (Å²) in [5.74, 6) is 0.187. The van der Waals surface area contributed by atoms with Gasteiger partial charge in [0.25, 0.3) is 0 Å². The number of hydrogen-bond donors (Lipinski definition) is 1. The predicted molar refractivity (Wildman–Crippen MR) is 93.3 cm³/mol. The Kier molecular flexibility index (Phi) is 5.29. The molecule has 130 valence electrons. The highest BCUT2D eigenvalue weighted by atomic mass is 35.5. The standard InChI is InChI=1S/C18H23ClN2O3/c1-24-16-8-7-13(19)10-15(16)20-18(23)12-9-17(22)21(11-12)14-5-3-2-4-6-14/h7-8,10,12,14H,2-6,9,11H2,1H3,(H,20,23)/t12-/m1/s1. The van der Waals surface area contributed by atoms with Crippen molar-refractivity contribution in [2.75, 3.05) is 19.0 Å². The maximum Gasteiger partial charge on any atom is 0.229 e. The van der Waals surface area contributed by atoms with E-state index in [9.17, 15) is 9.59 Å². The Bertz CT molecular complexity index is 629. The van der Waals surface area contributed by atoms with E-state index in [4.69, 9.17) is 16.3 Å². The van der Waals surface area contributed by atoms with Crippen LogP contribution < -0.4 is 10.1 Å². The van der Waals surface area contributed by atoms with Gasteiger partial charge in [-0.3, -0.25) is 9.59 Å². The number of ether oxygens (including phenoxy) is 1. The molecule has 2 fully saturated rings. The van der Waals surface area contributed by atoms with Gasteiger partial charge < -0.3 is 15.0 Å². The first-order valence-electron chi connectivity index (χ1n) is 8.52. The Morgan fingerprint density at radius 1 is 1.29 bits per heavy atom. The van der Waals surface area contributed by atoms with Crippen LogP contribution in [-0.4, -0.2) is 36.4 Å². The maximum absolute atomic E-state index is 12.6. The maximum atomic E-state index is 12.6.